The molecule has 0 radical (unpaired) electrons. The van der Waals surface area contributed by atoms with Crippen LogP contribution in [0.5, 0.6) is 0 Å². The van der Waals surface area contributed by atoms with E-state index in [4.69, 9.17) is 0 Å². The van der Waals surface area contributed by atoms with Crippen molar-refractivity contribution >= 4 is 39.1 Å². The van der Waals surface area contributed by atoms with Gasteiger partial charge in [-0.3, -0.25) is 9.59 Å². The summed E-state index contributed by atoms with van der Waals surface area (Å²) in [5, 5.41) is 2.92. The quantitative estimate of drug-likeness (QED) is 0.830. The number of benzene rings is 2. The fraction of sp³-hybridized carbons (Fsp3) is 0.300. The molecule has 4 nitrogen and oxygen atoms in total. The van der Waals surface area contributed by atoms with E-state index in [-0.39, 0.29) is 24.2 Å². The number of carbonyl (C=O) groups is 2. The molecule has 25 heavy (non-hydrogen) atoms. The molecular weight excluding hydrogens is 380 g/mol. The first kappa shape index (κ1) is 17.7. The lowest BCUT2D eigenvalue weighted by atomic mass is 10.1. The SMILES string of the molecule is CCc1ccc(N2C[C@@H](C(=O)Nc3ccc(Br)c(C)c3)CC2=O)cc1. The van der Waals surface area contributed by atoms with Gasteiger partial charge >= 0.3 is 0 Å². The summed E-state index contributed by atoms with van der Waals surface area (Å²) in [6.45, 7) is 4.49. The number of nitrogens with one attached hydrogen (secondary N) is 1. The third kappa shape index (κ3) is 3.93. The van der Waals surface area contributed by atoms with Crippen LogP contribution in [-0.4, -0.2) is 18.4 Å². The third-order valence-corrected chi connectivity index (χ3v) is 5.47. The molecule has 0 spiro atoms. The Bertz CT molecular complexity index is 802. The van der Waals surface area contributed by atoms with E-state index in [1.165, 1.54) is 5.56 Å². The molecule has 5 heteroatoms. The first-order chi connectivity index (χ1) is 12.0. The number of aryl methyl sites for hydroxylation is 2. The summed E-state index contributed by atoms with van der Waals surface area (Å²) < 4.78 is 1.00. The average molecular weight is 401 g/mol. The minimum absolute atomic E-state index is 0.00335. The van der Waals surface area contributed by atoms with Crippen molar-refractivity contribution in [3.63, 3.8) is 0 Å². The molecule has 0 saturated carbocycles. The lowest BCUT2D eigenvalue weighted by molar-refractivity contribution is -0.122. The third-order valence-electron chi connectivity index (χ3n) is 4.58. The number of anilines is 2. The summed E-state index contributed by atoms with van der Waals surface area (Å²) in [6, 6.07) is 13.6. The van der Waals surface area contributed by atoms with Crippen molar-refractivity contribution in [2.75, 3.05) is 16.8 Å². The van der Waals surface area contributed by atoms with Gasteiger partial charge in [0.1, 0.15) is 0 Å². The molecule has 3 rings (SSSR count). The highest BCUT2D eigenvalue weighted by Crippen LogP contribution is 2.27. The minimum atomic E-state index is -0.331. The van der Waals surface area contributed by atoms with E-state index < -0.39 is 0 Å². The van der Waals surface area contributed by atoms with Gasteiger partial charge in [0.2, 0.25) is 11.8 Å². The fourth-order valence-electron chi connectivity index (χ4n) is 3.01. The molecular formula is C20H21BrN2O2. The fourth-order valence-corrected chi connectivity index (χ4v) is 3.26. The number of hydrogen-bond acceptors (Lipinski definition) is 2. The molecule has 0 bridgehead atoms. The van der Waals surface area contributed by atoms with Gasteiger partial charge in [0.25, 0.3) is 0 Å². The van der Waals surface area contributed by atoms with Crippen molar-refractivity contribution in [1.82, 2.24) is 0 Å². The van der Waals surface area contributed by atoms with Gasteiger partial charge in [-0.05, 0) is 54.8 Å². The van der Waals surface area contributed by atoms with Gasteiger partial charge in [-0.25, -0.2) is 0 Å². The lowest BCUT2D eigenvalue weighted by Gasteiger charge is -2.17. The molecule has 2 aromatic rings. The summed E-state index contributed by atoms with van der Waals surface area (Å²) in [5.41, 5.74) is 3.90. The van der Waals surface area contributed by atoms with Crippen molar-refractivity contribution in [2.45, 2.75) is 26.7 Å². The van der Waals surface area contributed by atoms with Gasteiger partial charge in [-0.15, -0.1) is 0 Å². The predicted octanol–water partition coefficient (Wildman–Crippen LogP) is 4.31. The van der Waals surface area contributed by atoms with Crippen LogP contribution in [0.25, 0.3) is 0 Å². The van der Waals surface area contributed by atoms with E-state index in [1.54, 1.807) is 4.90 Å². The maximum atomic E-state index is 12.5. The molecule has 1 fully saturated rings. The van der Waals surface area contributed by atoms with Gasteiger partial charge in [0.05, 0.1) is 5.92 Å². The number of carbonyl (C=O) groups excluding carboxylic acids is 2. The van der Waals surface area contributed by atoms with Crippen LogP contribution in [0.15, 0.2) is 46.9 Å². The van der Waals surface area contributed by atoms with Gasteiger partial charge in [-0.2, -0.15) is 0 Å². The second kappa shape index (κ2) is 7.40. The van der Waals surface area contributed by atoms with Crippen molar-refractivity contribution in [3.8, 4) is 0 Å². The molecule has 1 aliphatic rings. The van der Waals surface area contributed by atoms with E-state index in [0.29, 0.717) is 6.54 Å². The van der Waals surface area contributed by atoms with Crippen LogP contribution < -0.4 is 10.2 Å². The largest absolute Gasteiger partial charge is 0.326 e. The summed E-state index contributed by atoms with van der Waals surface area (Å²) >= 11 is 3.45. The first-order valence-electron chi connectivity index (χ1n) is 8.44. The van der Waals surface area contributed by atoms with Crippen LogP contribution in [0.3, 0.4) is 0 Å². The number of nitrogens with zero attached hydrogens (tertiary/aromatic N) is 1. The summed E-state index contributed by atoms with van der Waals surface area (Å²) in [4.78, 5) is 26.6. The van der Waals surface area contributed by atoms with Gasteiger partial charge in [-0.1, -0.05) is 35.0 Å². The number of rotatable bonds is 4. The Balaban J connectivity index is 1.68. The number of amides is 2. The van der Waals surface area contributed by atoms with E-state index in [0.717, 1.165) is 27.8 Å². The Morgan fingerprint density at radius 3 is 2.60 bits per heavy atom. The van der Waals surface area contributed by atoms with Gasteiger partial charge in [0.15, 0.2) is 0 Å². The molecule has 1 atom stereocenters. The monoisotopic (exact) mass is 400 g/mol. The van der Waals surface area contributed by atoms with Crippen LogP contribution >= 0.6 is 15.9 Å². The topological polar surface area (TPSA) is 49.4 Å². The van der Waals surface area contributed by atoms with Crippen molar-refractivity contribution in [1.29, 1.82) is 0 Å². The zero-order valence-corrected chi connectivity index (χ0v) is 16.0. The summed E-state index contributed by atoms with van der Waals surface area (Å²) in [5.74, 6) is -0.443. The van der Waals surface area contributed by atoms with E-state index in [2.05, 4.69) is 28.2 Å². The summed E-state index contributed by atoms with van der Waals surface area (Å²) in [6.07, 6.45) is 1.21. The Morgan fingerprint density at radius 1 is 1.24 bits per heavy atom. The van der Waals surface area contributed by atoms with E-state index in [1.807, 2.05) is 49.4 Å². The standard InChI is InChI=1S/C20H21BrN2O2/c1-3-14-4-7-17(8-5-14)23-12-15(11-19(23)24)20(25)22-16-6-9-18(21)13(2)10-16/h4-10,15H,3,11-12H2,1-2H3,(H,22,25)/t15-/m0/s1. The molecule has 0 aromatic heterocycles. The van der Waals surface area contributed by atoms with Crippen LogP contribution in [0.4, 0.5) is 11.4 Å². The number of hydrogen-bond donors (Lipinski definition) is 1. The van der Waals surface area contributed by atoms with Gasteiger partial charge in [0, 0.05) is 28.8 Å². The second-order valence-corrected chi connectivity index (χ2v) is 7.23. The zero-order valence-electron chi connectivity index (χ0n) is 14.4. The second-order valence-electron chi connectivity index (χ2n) is 6.38. The highest BCUT2D eigenvalue weighted by atomic mass is 79.9. The molecule has 1 heterocycles. The highest BCUT2D eigenvalue weighted by Gasteiger charge is 2.35. The minimum Gasteiger partial charge on any atom is -0.326 e. The Hall–Kier alpha value is -2.14. The van der Waals surface area contributed by atoms with Crippen LogP contribution in [0.2, 0.25) is 0 Å². The molecule has 0 aliphatic carbocycles. The Kier molecular flexibility index (Phi) is 5.23. The maximum Gasteiger partial charge on any atom is 0.229 e. The van der Waals surface area contributed by atoms with Crippen LogP contribution in [0, 0.1) is 12.8 Å². The highest BCUT2D eigenvalue weighted by molar-refractivity contribution is 9.10. The molecule has 2 aromatic carbocycles. The molecule has 1 aliphatic heterocycles. The Morgan fingerprint density at radius 2 is 1.96 bits per heavy atom. The molecule has 2 amide bonds. The molecule has 130 valence electrons. The van der Waals surface area contributed by atoms with Crippen molar-refractivity contribution in [3.05, 3.63) is 58.1 Å². The molecule has 1 saturated heterocycles. The van der Waals surface area contributed by atoms with Gasteiger partial charge < -0.3 is 10.2 Å². The number of halogens is 1. The predicted molar refractivity (Wildman–Crippen MR) is 104 cm³/mol. The molecule has 1 N–H and O–H groups in total. The lowest BCUT2D eigenvalue weighted by Crippen LogP contribution is -2.28. The summed E-state index contributed by atoms with van der Waals surface area (Å²) in [7, 11) is 0. The van der Waals surface area contributed by atoms with Crippen molar-refractivity contribution in [2.24, 2.45) is 5.92 Å². The first-order valence-corrected chi connectivity index (χ1v) is 9.23. The Labute approximate surface area is 156 Å². The van der Waals surface area contributed by atoms with Crippen LogP contribution in [-0.2, 0) is 16.0 Å². The van der Waals surface area contributed by atoms with E-state index >= 15 is 0 Å². The normalized spacial score (nSPS) is 17.0. The van der Waals surface area contributed by atoms with Crippen molar-refractivity contribution < 1.29 is 9.59 Å². The van der Waals surface area contributed by atoms with Crippen LogP contribution in [0.1, 0.15) is 24.5 Å². The smallest absolute Gasteiger partial charge is 0.229 e. The molecule has 0 unspecified atom stereocenters. The van der Waals surface area contributed by atoms with E-state index in [9.17, 15) is 9.59 Å². The maximum absolute atomic E-state index is 12.5. The zero-order chi connectivity index (χ0) is 18.0. The average Bonchev–Trinajstić information content (AvgIpc) is 3.00.